The van der Waals surface area contributed by atoms with E-state index in [1.165, 1.54) is 11.2 Å². The molecule has 0 spiro atoms. The minimum Gasteiger partial charge on any atom is -0.345 e. The van der Waals surface area contributed by atoms with Gasteiger partial charge < -0.3 is 9.88 Å². The number of nitrogens with zero attached hydrogens (tertiary/aromatic N) is 2. The number of carbonyl (C=O) groups is 1. The van der Waals surface area contributed by atoms with Gasteiger partial charge in [-0.25, -0.2) is 4.98 Å². The van der Waals surface area contributed by atoms with Crippen molar-refractivity contribution in [3.63, 3.8) is 0 Å². The zero-order valence-corrected chi connectivity index (χ0v) is 10.5. The molecule has 0 aliphatic carbocycles. The molecule has 1 aromatic carbocycles. The van der Waals surface area contributed by atoms with E-state index >= 15 is 0 Å². The highest BCUT2D eigenvalue weighted by molar-refractivity contribution is 7.87. The van der Waals surface area contributed by atoms with Crippen molar-refractivity contribution in [2.45, 2.75) is 11.7 Å². The summed E-state index contributed by atoms with van der Waals surface area (Å²) in [6, 6.07) is 5.06. The molecule has 1 aromatic heterocycles. The Labute approximate surface area is 108 Å². The minimum absolute atomic E-state index is 0.155. The van der Waals surface area contributed by atoms with Crippen LogP contribution in [0.3, 0.4) is 0 Å². The zero-order chi connectivity index (χ0) is 13.6. The maximum Gasteiger partial charge on any atom is 0.307 e. The van der Waals surface area contributed by atoms with E-state index in [2.05, 4.69) is 9.97 Å². The van der Waals surface area contributed by atoms with Crippen molar-refractivity contribution in [1.29, 1.82) is 0 Å². The lowest BCUT2D eigenvalue weighted by atomic mass is 10.2. The van der Waals surface area contributed by atoms with Crippen molar-refractivity contribution < 1.29 is 17.1 Å². The van der Waals surface area contributed by atoms with E-state index < -0.39 is 21.4 Å². The van der Waals surface area contributed by atoms with Crippen molar-refractivity contribution in [3.8, 4) is 0 Å². The number of halogens is 1. The van der Waals surface area contributed by atoms with Gasteiger partial charge in [0, 0.05) is 18.7 Å². The normalized spacial score (nSPS) is 20.4. The summed E-state index contributed by atoms with van der Waals surface area (Å²) in [5.74, 6) is -0.398. The molecule has 3 rings (SSSR count). The summed E-state index contributed by atoms with van der Waals surface area (Å²) >= 11 is 0. The molecule has 1 atom stereocenters. The Hall–Kier alpha value is -1.96. The summed E-state index contributed by atoms with van der Waals surface area (Å²) in [6.45, 7) is -0.155. The van der Waals surface area contributed by atoms with Gasteiger partial charge in [-0.1, -0.05) is 0 Å². The molecule has 2 aromatic rings. The largest absolute Gasteiger partial charge is 0.345 e. The predicted octanol–water partition coefficient (Wildman–Crippen LogP) is 0.968. The first kappa shape index (κ1) is 12.1. The van der Waals surface area contributed by atoms with E-state index in [0.29, 0.717) is 5.69 Å². The Kier molecular flexibility index (Phi) is 2.56. The fourth-order valence-electron chi connectivity index (χ4n) is 2.20. The van der Waals surface area contributed by atoms with Crippen LogP contribution < -0.4 is 4.90 Å². The number of nitrogens with one attached hydrogen (secondary N) is 1. The van der Waals surface area contributed by atoms with Crippen LogP contribution in [0, 0.1) is 0 Å². The van der Waals surface area contributed by atoms with E-state index in [1.54, 1.807) is 18.2 Å². The first-order chi connectivity index (χ1) is 8.95. The van der Waals surface area contributed by atoms with Gasteiger partial charge in [0.05, 0.1) is 17.4 Å². The highest BCUT2D eigenvalue weighted by Gasteiger charge is 2.39. The molecule has 19 heavy (non-hydrogen) atoms. The number of benzene rings is 1. The van der Waals surface area contributed by atoms with Gasteiger partial charge in [-0.15, -0.1) is 3.89 Å². The number of imidazole rings is 1. The molecule has 6 nitrogen and oxygen atoms in total. The molecule has 1 aliphatic heterocycles. The SMILES string of the molecule is O=C1CC(S(=O)(=O)F)CN1c1ccc2nc[nH]c2c1. The first-order valence-electron chi connectivity index (χ1n) is 5.62. The third kappa shape index (κ3) is 2.07. The average molecular weight is 283 g/mol. The van der Waals surface area contributed by atoms with Crippen LogP contribution in [0.2, 0.25) is 0 Å². The molecule has 2 heterocycles. The van der Waals surface area contributed by atoms with Crippen LogP contribution in [0.25, 0.3) is 11.0 Å². The van der Waals surface area contributed by atoms with Crippen LogP contribution in [-0.4, -0.2) is 36.1 Å². The highest BCUT2D eigenvalue weighted by Crippen LogP contribution is 2.27. The molecule has 1 amide bonds. The van der Waals surface area contributed by atoms with Gasteiger partial charge in [0.1, 0.15) is 5.25 Å². The Morgan fingerprint density at radius 2 is 2.21 bits per heavy atom. The first-order valence-corrected chi connectivity index (χ1v) is 7.07. The van der Waals surface area contributed by atoms with E-state index in [9.17, 15) is 17.1 Å². The van der Waals surface area contributed by atoms with E-state index in [-0.39, 0.29) is 13.0 Å². The summed E-state index contributed by atoms with van der Waals surface area (Å²) in [5, 5.41) is -1.28. The monoisotopic (exact) mass is 283 g/mol. The van der Waals surface area contributed by atoms with Gasteiger partial charge in [-0.3, -0.25) is 4.79 Å². The van der Waals surface area contributed by atoms with Crippen LogP contribution in [0.1, 0.15) is 6.42 Å². The second kappa shape index (κ2) is 4.02. The van der Waals surface area contributed by atoms with Gasteiger partial charge in [0.25, 0.3) is 0 Å². The quantitative estimate of drug-likeness (QED) is 0.832. The zero-order valence-electron chi connectivity index (χ0n) is 9.71. The number of hydrogen-bond donors (Lipinski definition) is 1. The summed E-state index contributed by atoms with van der Waals surface area (Å²) < 4.78 is 34.7. The Morgan fingerprint density at radius 3 is 2.89 bits per heavy atom. The fraction of sp³-hybridized carbons (Fsp3) is 0.273. The Morgan fingerprint density at radius 1 is 1.42 bits per heavy atom. The number of H-pyrrole nitrogens is 1. The third-order valence-electron chi connectivity index (χ3n) is 3.20. The molecule has 1 fully saturated rings. The molecule has 8 heteroatoms. The molecule has 0 bridgehead atoms. The van der Waals surface area contributed by atoms with E-state index in [0.717, 1.165) is 11.0 Å². The lowest BCUT2D eigenvalue weighted by molar-refractivity contribution is -0.117. The number of rotatable bonds is 2. The molecule has 1 unspecified atom stereocenters. The number of aromatic amines is 1. The number of aromatic nitrogens is 2. The van der Waals surface area contributed by atoms with E-state index in [1.807, 2.05) is 0 Å². The van der Waals surface area contributed by atoms with Crippen LogP contribution >= 0.6 is 0 Å². The second-order valence-electron chi connectivity index (χ2n) is 4.41. The Balaban J connectivity index is 1.96. The standard InChI is InChI=1S/C11H10FN3O3S/c12-19(17,18)8-4-11(16)15(5-8)7-1-2-9-10(3-7)14-6-13-9/h1-3,6,8H,4-5H2,(H,13,14). The smallest absolute Gasteiger partial charge is 0.307 e. The summed E-state index contributed by atoms with van der Waals surface area (Å²) in [4.78, 5) is 20.0. The summed E-state index contributed by atoms with van der Waals surface area (Å²) in [5.41, 5.74) is 2.01. The molecular formula is C11H10FN3O3S. The van der Waals surface area contributed by atoms with Crippen LogP contribution in [0.15, 0.2) is 24.5 Å². The van der Waals surface area contributed by atoms with Crippen molar-refractivity contribution in [3.05, 3.63) is 24.5 Å². The molecule has 1 saturated heterocycles. The average Bonchev–Trinajstić information content (AvgIpc) is 2.92. The van der Waals surface area contributed by atoms with Crippen LogP contribution in [0.5, 0.6) is 0 Å². The number of amides is 1. The number of carbonyl (C=O) groups excluding carboxylic acids is 1. The molecular weight excluding hydrogens is 273 g/mol. The number of anilines is 1. The number of hydrogen-bond acceptors (Lipinski definition) is 4. The van der Waals surface area contributed by atoms with Crippen LogP contribution in [0.4, 0.5) is 9.57 Å². The van der Waals surface area contributed by atoms with Gasteiger partial charge in [-0.2, -0.15) is 8.42 Å². The van der Waals surface area contributed by atoms with Crippen LogP contribution in [-0.2, 0) is 15.0 Å². The summed E-state index contributed by atoms with van der Waals surface area (Å²) in [7, 11) is -4.69. The second-order valence-corrected chi connectivity index (χ2v) is 6.03. The lowest BCUT2D eigenvalue weighted by Crippen LogP contribution is -2.26. The van der Waals surface area contributed by atoms with Gasteiger partial charge >= 0.3 is 10.2 Å². The molecule has 1 aliphatic rings. The fourth-order valence-corrected chi connectivity index (χ4v) is 2.87. The highest BCUT2D eigenvalue weighted by atomic mass is 32.3. The molecule has 0 radical (unpaired) electrons. The third-order valence-corrected chi connectivity index (χ3v) is 4.32. The van der Waals surface area contributed by atoms with Crippen molar-refractivity contribution >= 4 is 32.9 Å². The van der Waals surface area contributed by atoms with Gasteiger partial charge in [0.2, 0.25) is 5.91 Å². The Bertz CT molecular complexity index is 755. The van der Waals surface area contributed by atoms with Gasteiger partial charge in [-0.05, 0) is 18.2 Å². The number of fused-ring (bicyclic) bond motifs is 1. The van der Waals surface area contributed by atoms with Crippen molar-refractivity contribution in [2.24, 2.45) is 0 Å². The molecule has 0 saturated carbocycles. The van der Waals surface area contributed by atoms with Crippen molar-refractivity contribution in [2.75, 3.05) is 11.4 Å². The minimum atomic E-state index is -4.69. The van der Waals surface area contributed by atoms with Crippen molar-refractivity contribution in [1.82, 2.24) is 9.97 Å². The lowest BCUT2D eigenvalue weighted by Gasteiger charge is -2.15. The predicted molar refractivity (Wildman–Crippen MR) is 66.9 cm³/mol. The van der Waals surface area contributed by atoms with E-state index in [4.69, 9.17) is 0 Å². The topological polar surface area (TPSA) is 83.1 Å². The molecule has 100 valence electrons. The maximum atomic E-state index is 12.9. The van der Waals surface area contributed by atoms with Gasteiger partial charge in [0.15, 0.2) is 0 Å². The maximum absolute atomic E-state index is 12.9. The molecule has 1 N–H and O–H groups in total. The summed E-state index contributed by atoms with van der Waals surface area (Å²) in [6.07, 6.45) is 1.20.